The van der Waals surface area contributed by atoms with Crippen LogP contribution in [0, 0.1) is 0 Å². The first-order valence-corrected chi connectivity index (χ1v) is 6.77. The number of aromatic nitrogens is 1. The van der Waals surface area contributed by atoms with E-state index in [2.05, 4.69) is 10.3 Å². The van der Waals surface area contributed by atoms with E-state index in [-0.39, 0.29) is 0 Å². The fourth-order valence-corrected chi connectivity index (χ4v) is 3.87. The predicted octanol–water partition coefficient (Wildman–Crippen LogP) is 0.332. The first kappa shape index (κ1) is 9.11. The maximum absolute atomic E-state index is 11.4. The van der Waals surface area contributed by atoms with Gasteiger partial charge in [0.1, 0.15) is 5.37 Å². The Labute approximate surface area is 80.9 Å². The topological polar surface area (TPSA) is 59.1 Å². The zero-order valence-electron chi connectivity index (χ0n) is 7.15. The van der Waals surface area contributed by atoms with Crippen LogP contribution in [0.4, 0.5) is 0 Å². The first-order chi connectivity index (χ1) is 6.09. The van der Waals surface area contributed by atoms with Gasteiger partial charge in [0, 0.05) is 19.2 Å². The van der Waals surface area contributed by atoms with E-state index >= 15 is 0 Å². The molecule has 2 rings (SSSR count). The number of sulfone groups is 1. The average molecular weight is 218 g/mol. The number of fused-ring (bicyclic) bond motifs is 1. The Bertz CT molecular complexity index is 410. The molecule has 72 valence electrons. The molecule has 0 saturated heterocycles. The van der Waals surface area contributed by atoms with E-state index in [0.29, 0.717) is 6.54 Å². The zero-order chi connectivity index (χ0) is 9.47. The van der Waals surface area contributed by atoms with Gasteiger partial charge in [0.25, 0.3) is 0 Å². The first-order valence-electron chi connectivity index (χ1n) is 3.93. The van der Waals surface area contributed by atoms with Gasteiger partial charge in [-0.1, -0.05) is 0 Å². The number of hydrogen-bond acceptors (Lipinski definition) is 5. The van der Waals surface area contributed by atoms with E-state index in [1.165, 1.54) is 17.6 Å². The molecule has 1 aromatic rings. The lowest BCUT2D eigenvalue weighted by molar-refractivity contribution is 0.549. The number of nitrogens with one attached hydrogen (secondary N) is 1. The van der Waals surface area contributed by atoms with Crippen LogP contribution in [-0.4, -0.2) is 26.2 Å². The summed E-state index contributed by atoms with van der Waals surface area (Å²) in [5.41, 5.74) is 2.63. The molecule has 1 aliphatic heterocycles. The average Bonchev–Trinajstić information content (AvgIpc) is 2.48. The van der Waals surface area contributed by atoms with Crippen LogP contribution >= 0.6 is 11.3 Å². The second-order valence-corrected chi connectivity index (χ2v) is 6.09. The van der Waals surface area contributed by atoms with Gasteiger partial charge >= 0.3 is 0 Å². The lowest BCUT2D eigenvalue weighted by Crippen LogP contribution is -2.33. The van der Waals surface area contributed by atoms with Crippen molar-refractivity contribution >= 4 is 21.2 Å². The number of nitrogens with zero attached hydrogens (tertiary/aromatic N) is 1. The maximum Gasteiger partial charge on any atom is 0.168 e. The third-order valence-corrected chi connectivity index (χ3v) is 4.37. The summed E-state index contributed by atoms with van der Waals surface area (Å²) in [6.45, 7) is 0.689. The third kappa shape index (κ3) is 1.61. The van der Waals surface area contributed by atoms with Gasteiger partial charge in [0.15, 0.2) is 9.84 Å². The Balaban J connectivity index is 2.47. The van der Waals surface area contributed by atoms with E-state index in [1.54, 1.807) is 5.51 Å². The molecule has 0 fully saturated rings. The molecule has 1 aromatic heterocycles. The summed E-state index contributed by atoms with van der Waals surface area (Å²) in [5.74, 6) is 0. The molecule has 0 aromatic carbocycles. The fourth-order valence-electron chi connectivity index (χ4n) is 1.44. The Morgan fingerprint density at radius 3 is 3.15 bits per heavy atom. The monoisotopic (exact) mass is 218 g/mol. The van der Waals surface area contributed by atoms with E-state index in [1.807, 2.05) is 0 Å². The van der Waals surface area contributed by atoms with Crippen molar-refractivity contribution in [1.29, 1.82) is 0 Å². The predicted molar refractivity (Wildman–Crippen MR) is 51.4 cm³/mol. The van der Waals surface area contributed by atoms with Crippen LogP contribution in [0.3, 0.4) is 0 Å². The molecule has 0 radical (unpaired) electrons. The van der Waals surface area contributed by atoms with Gasteiger partial charge in [-0.15, -0.1) is 11.3 Å². The summed E-state index contributed by atoms with van der Waals surface area (Å²) < 4.78 is 22.7. The summed E-state index contributed by atoms with van der Waals surface area (Å²) in [4.78, 5) is 4.99. The van der Waals surface area contributed by atoms with Crippen LogP contribution < -0.4 is 5.32 Å². The standard InChI is InChI=1S/C7H10N2O2S2/c1-13(10,11)7-6-5(2-3-8-7)9-4-12-6/h4,7-8H,2-3H2,1H3. The van der Waals surface area contributed by atoms with Crippen LogP contribution in [0.5, 0.6) is 0 Å². The molecule has 0 amide bonds. The molecular weight excluding hydrogens is 208 g/mol. The van der Waals surface area contributed by atoms with Crippen LogP contribution in [-0.2, 0) is 16.3 Å². The molecule has 1 atom stereocenters. The summed E-state index contributed by atoms with van der Waals surface area (Å²) in [6.07, 6.45) is 2.07. The highest BCUT2D eigenvalue weighted by Gasteiger charge is 2.29. The largest absolute Gasteiger partial charge is 0.296 e. The molecule has 1 aliphatic rings. The van der Waals surface area contributed by atoms with Crippen LogP contribution in [0.1, 0.15) is 15.9 Å². The van der Waals surface area contributed by atoms with Crippen molar-refractivity contribution in [2.24, 2.45) is 0 Å². The van der Waals surface area contributed by atoms with E-state index in [0.717, 1.165) is 17.0 Å². The van der Waals surface area contributed by atoms with Crippen molar-refractivity contribution in [3.63, 3.8) is 0 Å². The fraction of sp³-hybridized carbons (Fsp3) is 0.571. The Kier molecular flexibility index (Phi) is 2.13. The lowest BCUT2D eigenvalue weighted by Gasteiger charge is -2.20. The normalized spacial score (nSPS) is 22.7. The second-order valence-electron chi connectivity index (χ2n) is 3.08. The van der Waals surface area contributed by atoms with E-state index < -0.39 is 15.2 Å². The highest BCUT2D eigenvalue weighted by Crippen LogP contribution is 2.29. The van der Waals surface area contributed by atoms with Crippen LogP contribution in [0.25, 0.3) is 0 Å². The molecule has 1 N–H and O–H groups in total. The quantitative estimate of drug-likeness (QED) is 0.738. The van der Waals surface area contributed by atoms with E-state index in [4.69, 9.17) is 0 Å². The van der Waals surface area contributed by atoms with Crippen molar-refractivity contribution in [2.45, 2.75) is 11.8 Å². The van der Waals surface area contributed by atoms with Crippen molar-refractivity contribution in [2.75, 3.05) is 12.8 Å². The summed E-state index contributed by atoms with van der Waals surface area (Å²) in [7, 11) is -3.05. The van der Waals surface area contributed by atoms with Gasteiger partial charge in [-0.05, 0) is 0 Å². The van der Waals surface area contributed by atoms with Crippen LogP contribution in [0.2, 0.25) is 0 Å². The summed E-state index contributed by atoms with van der Waals surface area (Å²) in [6, 6.07) is 0. The molecule has 2 heterocycles. The molecule has 0 aliphatic carbocycles. The van der Waals surface area contributed by atoms with Gasteiger partial charge in [0.05, 0.1) is 16.1 Å². The van der Waals surface area contributed by atoms with Crippen molar-refractivity contribution in [1.82, 2.24) is 10.3 Å². The van der Waals surface area contributed by atoms with Gasteiger partial charge in [-0.3, -0.25) is 5.32 Å². The summed E-state index contributed by atoms with van der Waals surface area (Å²) >= 11 is 1.41. The molecule has 0 saturated carbocycles. The molecule has 13 heavy (non-hydrogen) atoms. The zero-order valence-corrected chi connectivity index (χ0v) is 8.78. The number of thiazole rings is 1. The highest BCUT2D eigenvalue weighted by atomic mass is 32.2. The molecule has 0 spiro atoms. The number of rotatable bonds is 1. The minimum Gasteiger partial charge on any atom is -0.296 e. The van der Waals surface area contributed by atoms with Gasteiger partial charge < -0.3 is 0 Å². The van der Waals surface area contributed by atoms with Gasteiger partial charge in [-0.2, -0.15) is 0 Å². The Morgan fingerprint density at radius 1 is 1.69 bits per heavy atom. The molecule has 1 unspecified atom stereocenters. The van der Waals surface area contributed by atoms with E-state index in [9.17, 15) is 8.42 Å². The van der Waals surface area contributed by atoms with Gasteiger partial charge in [0.2, 0.25) is 0 Å². The Morgan fingerprint density at radius 2 is 2.46 bits per heavy atom. The van der Waals surface area contributed by atoms with Crippen molar-refractivity contribution in [3.8, 4) is 0 Å². The minimum absolute atomic E-state index is 0.538. The lowest BCUT2D eigenvalue weighted by atomic mass is 10.2. The molecule has 4 nitrogen and oxygen atoms in total. The highest BCUT2D eigenvalue weighted by molar-refractivity contribution is 7.91. The smallest absolute Gasteiger partial charge is 0.168 e. The van der Waals surface area contributed by atoms with Crippen LogP contribution in [0.15, 0.2) is 5.51 Å². The summed E-state index contributed by atoms with van der Waals surface area (Å²) in [5, 5.41) is 2.45. The van der Waals surface area contributed by atoms with Crippen molar-refractivity contribution < 1.29 is 8.42 Å². The molecular formula is C7H10N2O2S2. The minimum atomic E-state index is -3.05. The Hall–Kier alpha value is -0.460. The molecule has 6 heteroatoms. The molecule has 0 bridgehead atoms. The maximum atomic E-state index is 11.4. The SMILES string of the molecule is CS(=O)(=O)C1NCCc2ncsc21. The number of hydrogen-bond donors (Lipinski definition) is 1. The van der Waals surface area contributed by atoms with Crippen molar-refractivity contribution in [3.05, 3.63) is 16.1 Å². The van der Waals surface area contributed by atoms with Gasteiger partial charge in [-0.25, -0.2) is 13.4 Å². The third-order valence-electron chi connectivity index (χ3n) is 2.03. The second kappa shape index (κ2) is 3.04.